The number of hydrogen-bond acceptors (Lipinski definition) is 1. The highest BCUT2D eigenvalue weighted by Crippen LogP contribution is 2.71. The van der Waals surface area contributed by atoms with Crippen LogP contribution in [-0.4, -0.2) is 10.1 Å². The molecule has 0 aromatic carbocycles. The molecule has 4 aliphatic rings. The highest BCUT2D eigenvalue weighted by atomic mass is 79.9. The zero-order valence-electron chi connectivity index (χ0n) is 9.82. The van der Waals surface area contributed by atoms with Crippen LogP contribution in [0.25, 0.3) is 0 Å². The molecule has 84 valence electrons. The van der Waals surface area contributed by atoms with E-state index in [2.05, 4.69) is 36.7 Å². The van der Waals surface area contributed by atoms with Crippen LogP contribution in [0.5, 0.6) is 0 Å². The van der Waals surface area contributed by atoms with Gasteiger partial charge in [-0.15, -0.1) is 0 Å². The summed E-state index contributed by atoms with van der Waals surface area (Å²) in [5, 5.41) is 0. The number of carbonyl (C=O) groups excluding carboxylic acids is 1. The van der Waals surface area contributed by atoms with Gasteiger partial charge in [-0.25, -0.2) is 0 Å². The lowest BCUT2D eigenvalue weighted by molar-refractivity contribution is -0.169. The standard InChI is InChI=1S/C13H19BrO/c1-10-4-11(2)7-13(14,6-10)8-12(3,5-10)9(11)15/h4-8H2,1-3H3. The Balaban J connectivity index is 2.16. The third-order valence-corrected chi connectivity index (χ3v) is 5.73. The van der Waals surface area contributed by atoms with Gasteiger partial charge in [-0.3, -0.25) is 4.79 Å². The molecule has 2 atom stereocenters. The molecule has 0 aromatic heterocycles. The molecule has 0 amide bonds. The van der Waals surface area contributed by atoms with Crippen LogP contribution in [0.4, 0.5) is 0 Å². The third kappa shape index (κ3) is 1.18. The predicted molar refractivity (Wildman–Crippen MR) is 64.1 cm³/mol. The summed E-state index contributed by atoms with van der Waals surface area (Å²) < 4.78 is 0.260. The van der Waals surface area contributed by atoms with Gasteiger partial charge in [0.05, 0.1) is 0 Å². The van der Waals surface area contributed by atoms with Gasteiger partial charge in [-0.1, -0.05) is 36.7 Å². The van der Waals surface area contributed by atoms with E-state index in [4.69, 9.17) is 0 Å². The van der Waals surface area contributed by atoms with Gasteiger partial charge >= 0.3 is 0 Å². The Hall–Kier alpha value is 0.150. The summed E-state index contributed by atoms with van der Waals surface area (Å²) in [5.41, 5.74) is 0.320. The molecule has 0 heterocycles. The van der Waals surface area contributed by atoms with E-state index in [-0.39, 0.29) is 15.2 Å². The molecule has 2 unspecified atom stereocenters. The van der Waals surface area contributed by atoms with Gasteiger partial charge in [-0.2, -0.15) is 0 Å². The van der Waals surface area contributed by atoms with Gasteiger partial charge < -0.3 is 0 Å². The van der Waals surface area contributed by atoms with Gasteiger partial charge in [0.25, 0.3) is 0 Å². The minimum atomic E-state index is -0.0399. The summed E-state index contributed by atoms with van der Waals surface area (Å²) in [4.78, 5) is 12.5. The van der Waals surface area contributed by atoms with Crippen LogP contribution < -0.4 is 0 Å². The van der Waals surface area contributed by atoms with E-state index in [0.29, 0.717) is 11.2 Å². The molecular weight excluding hydrogens is 252 g/mol. The zero-order chi connectivity index (χ0) is 11.1. The first-order chi connectivity index (χ1) is 6.69. The minimum absolute atomic E-state index is 0.0399. The van der Waals surface area contributed by atoms with E-state index in [9.17, 15) is 4.79 Å². The highest BCUT2D eigenvalue weighted by Gasteiger charge is 2.67. The summed E-state index contributed by atoms with van der Waals surface area (Å²) in [6, 6.07) is 0. The summed E-state index contributed by atoms with van der Waals surface area (Å²) in [5.74, 6) is 0.544. The van der Waals surface area contributed by atoms with Crippen molar-refractivity contribution in [1.29, 1.82) is 0 Å². The molecule has 0 saturated heterocycles. The van der Waals surface area contributed by atoms with Crippen LogP contribution >= 0.6 is 15.9 Å². The minimum Gasteiger partial charge on any atom is -0.298 e. The van der Waals surface area contributed by atoms with Crippen molar-refractivity contribution in [2.75, 3.05) is 0 Å². The van der Waals surface area contributed by atoms with Crippen LogP contribution in [0.1, 0.15) is 52.9 Å². The average molecular weight is 271 g/mol. The fourth-order valence-electron chi connectivity index (χ4n) is 5.60. The fourth-order valence-corrected chi connectivity index (χ4v) is 7.51. The van der Waals surface area contributed by atoms with Crippen LogP contribution in [0.3, 0.4) is 0 Å². The Morgan fingerprint density at radius 3 is 1.80 bits per heavy atom. The Kier molecular flexibility index (Phi) is 1.63. The zero-order valence-corrected chi connectivity index (χ0v) is 11.4. The van der Waals surface area contributed by atoms with Gasteiger partial charge in [-0.05, 0) is 37.5 Å². The van der Waals surface area contributed by atoms with Gasteiger partial charge in [0.1, 0.15) is 5.78 Å². The number of Topliss-reactive ketones (excluding diaryl/α,β-unsaturated/α-hetero) is 1. The number of ketones is 1. The quantitative estimate of drug-likeness (QED) is 0.614. The van der Waals surface area contributed by atoms with Crippen molar-refractivity contribution in [2.24, 2.45) is 16.2 Å². The fraction of sp³-hybridized carbons (Fsp3) is 0.923. The summed E-state index contributed by atoms with van der Waals surface area (Å²) >= 11 is 3.94. The maximum Gasteiger partial charge on any atom is 0.144 e. The van der Waals surface area contributed by atoms with Crippen molar-refractivity contribution in [2.45, 2.75) is 57.2 Å². The Morgan fingerprint density at radius 2 is 1.40 bits per heavy atom. The number of rotatable bonds is 0. The molecule has 0 aliphatic heterocycles. The molecule has 0 aromatic rings. The summed E-state index contributed by atoms with van der Waals surface area (Å²) in [7, 11) is 0. The molecule has 0 radical (unpaired) electrons. The monoisotopic (exact) mass is 270 g/mol. The van der Waals surface area contributed by atoms with Crippen molar-refractivity contribution < 1.29 is 4.79 Å². The Labute approximate surface area is 100 Å². The smallest absolute Gasteiger partial charge is 0.144 e. The van der Waals surface area contributed by atoms with Crippen LogP contribution in [0, 0.1) is 16.2 Å². The Bertz CT molecular complexity index is 314. The van der Waals surface area contributed by atoms with E-state index < -0.39 is 0 Å². The first kappa shape index (κ1) is 10.3. The molecular formula is C13H19BrO. The molecule has 4 bridgehead atoms. The molecule has 15 heavy (non-hydrogen) atoms. The predicted octanol–water partition coefficient (Wildman–Crippen LogP) is 3.70. The lowest BCUT2D eigenvalue weighted by atomic mass is 9.40. The first-order valence-corrected chi connectivity index (χ1v) is 6.72. The SMILES string of the molecule is CC12CC3(Br)CC(C)(C1)C(=O)C(C)(C2)C3. The molecule has 4 rings (SSSR count). The van der Waals surface area contributed by atoms with E-state index in [1.165, 1.54) is 6.42 Å². The number of carbonyl (C=O) groups is 1. The summed E-state index contributed by atoms with van der Waals surface area (Å²) in [6.45, 7) is 6.77. The lowest BCUT2D eigenvalue weighted by Crippen LogP contribution is -2.65. The molecule has 1 nitrogen and oxygen atoms in total. The van der Waals surface area contributed by atoms with Crippen molar-refractivity contribution in [3.63, 3.8) is 0 Å². The van der Waals surface area contributed by atoms with E-state index >= 15 is 0 Å². The van der Waals surface area contributed by atoms with Gasteiger partial charge in [0.15, 0.2) is 0 Å². The second-order valence-electron chi connectivity index (χ2n) is 7.30. The largest absolute Gasteiger partial charge is 0.298 e. The van der Waals surface area contributed by atoms with Crippen molar-refractivity contribution >= 4 is 21.7 Å². The number of hydrogen-bond donors (Lipinski definition) is 0. The highest BCUT2D eigenvalue weighted by molar-refractivity contribution is 9.10. The third-order valence-electron chi connectivity index (χ3n) is 4.89. The van der Waals surface area contributed by atoms with Crippen LogP contribution in [0.2, 0.25) is 0 Å². The maximum atomic E-state index is 12.5. The van der Waals surface area contributed by atoms with Gasteiger partial charge in [0, 0.05) is 15.2 Å². The van der Waals surface area contributed by atoms with Crippen molar-refractivity contribution in [3.05, 3.63) is 0 Å². The second kappa shape index (κ2) is 2.37. The Morgan fingerprint density at radius 1 is 0.933 bits per heavy atom. The molecule has 4 aliphatic carbocycles. The van der Waals surface area contributed by atoms with Crippen molar-refractivity contribution in [3.8, 4) is 0 Å². The first-order valence-electron chi connectivity index (χ1n) is 5.93. The maximum absolute atomic E-state index is 12.5. The second-order valence-corrected chi connectivity index (χ2v) is 8.98. The lowest BCUT2D eigenvalue weighted by Gasteiger charge is -2.66. The normalized spacial score (nSPS) is 62.5. The molecule has 0 spiro atoms. The molecule has 0 N–H and O–H groups in total. The van der Waals surface area contributed by atoms with E-state index in [0.717, 1.165) is 25.7 Å². The topological polar surface area (TPSA) is 17.1 Å². The van der Waals surface area contributed by atoms with Crippen molar-refractivity contribution in [1.82, 2.24) is 0 Å². The molecule has 4 saturated carbocycles. The number of alkyl halides is 1. The molecule has 4 fully saturated rings. The van der Waals surface area contributed by atoms with E-state index in [1.54, 1.807) is 0 Å². The van der Waals surface area contributed by atoms with E-state index in [1.807, 2.05) is 0 Å². The average Bonchev–Trinajstić information content (AvgIpc) is 1.93. The van der Waals surface area contributed by atoms with Gasteiger partial charge in [0.2, 0.25) is 0 Å². The van der Waals surface area contributed by atoms with Crippen LogP contribution in [-0.2, 0) is 4.79 Å². The molecule has 2 heteroatoms. The van der Waals surface area contributed by atoms with Crippen LogP contribution in [0.15, 0.2) is 0 Å². The summed E-state index contributed by atoms with van der Waals surface area (Å²) in [6.07, 6.45) is 5.61. The number of halogens is 1.